The third-order valence-corrected chi connectivity index (χ3v) is 3.78. The average Bonchev–Trinajstić information content (AvgIpc) is 3.01. The summed E-state index contributed by atoms with van der Waals surface area (Å²) >= 11 is 0. The minimum atomic E-state index is -0.309. The van der Waals surface area contributed by atoms with Gasteiger partial charge in [0.2, 0.25) is 5.91 Å². The molecule has 2 rings (SSSR count). The lowest BCUT2D eigenvalue weighted by atomic mass is 10.1. The summed E-state index contributed by atoms with van der Waals surface area (Å²) in [6.45, 7) is 3.76. The molecule has 5 nitrogen and oxygen atoms in total. The molecule has 2 unspecified atom stereocenters. The number of hydrogen-bond acceptors (Lipinski definition) is 4. The van der Waals surface area contributed by atoms with Crippen molar-refractivity contribution in [1.82, 2.24) is 10.3 Å². The largest absolute Gasteiger partial charge is 0.441 e. The summed E-state index contributed by atoms with van der Waals surface area (Å²) in [5.41, 5.74) is 0.736. The normalized spacial score (nSPS) is 13.6. The number of nitrogens with one attached hydrogen (secondary N) is 1. The van der Waals surface area contributed by atoms with Crippen molar-refractivity contribution in [2.45, 2.75) is 32.7 Å². The summed E-state index contributed by atoms with van der Waals surface area (Å²) in [6.07, 6.45) is 2.20. The Labute approximate surface area is 134 Å². The number of carbonyl (C=O) groups is 1. The molecule has 2 aromatic rings. The first kappa shape index (κ1) is 17.1. The maximum absolute atomic E-state index is 12.9. The molecule has 124 valence electrons. The van der Waals surface area contributed by atoms with Crippen LogP contribution in [0.1, 0.15) is 26.2 Å². The second kappa shape index (κ2) is 7.87. The molecule has 1 heterocycles. The summed E-state index contributed by atoms with van der Waals surface area (Å²) in [5.74, 6) is 0.589. The molecule has 0 aliphatic heterocycles. The molecule has 0 aliphatic carbocycles. The van der Waals surface area contributed by atoms with Gasteiger partial charge in [0.1, 0.15) is 5.82 Å². The van der Waals surface area contributed by atoms with Crippen molar-refractivity contribution in [2.24, 2.45) is 5.92 Å². The molecule has 6 heteroatoms. The number of nitrogens with zero attached hydrogens (tertiary/aromatic N) is 1. The van der Waals surface area contributed by atoms with Crippen molar-refractivity contribution in [3.63, 3.8) is 0 Å². The summed E-state index contributed by atoms with van der Waals surface area (Å²) in [4.78, 5) is 16.0. The SMILES string of the molecule is CC(CO)C(C)NC(=O)CCc1ncc(-c2ccc(F)cc2)o1. The molecule has 0 saturated carbocycles. The molecule has 0 fully saturated rings. The van der Waals surface area contributed by atoms with Gasteiger partial charge < -0.3 is 14.8 Å². The Balaban J connectivity index is 1.87. The predicted octanol–water partition coefficient (Wildman–Crippen LogP) is 2.55. The minimum absolute atomic E-state index is 0.00534. The number of rotatable bonds is 7. The Bertz CT molecular complexity index is 640. The van der Waals surface area contributed by atoms with E-state index >= 15 is 0 Å². The van der Waals surface area contributed by atoms with Gasteiger partial charge in [-0.05, 0) is 37.1 Å². The van der Waals surface area contributed by atoms with Crippen LogP contribution in [-0.2, 0) is 11.2 Å². The van der Waals surface area contributed by atoms with Crippen molar-refractivity contribution >= 4 is 5.91 Å². The zero-order chi connectivity index (χ0) is 16.8. The van der Waals surface area contributed by atoms with Gasteiger partial charge in [-0.1, -0.05) is 6.92 Å². The average molecular weight is 320 g/mol. The first-order valence-electron chi connectivity index (χ1n) is 7.60. The van der Waals surface area contributed by atoms with E-state index in [-0.39, 0.29) is 36.7 Å². The summed E-state index contributed by atoms with van der Waals surface area (Å²) < 4.78 is 18.5. The lowest BCUT2D eigenvalue weighted by Gasteiger charge is -2.18. The topological polar surface area (TPSA) is 75.4 Å². The van der Waals surface area contributed by atoms with Crippen LogP contribution in [0.2, 0.25) is 0 Å². The van der Waals surface area contributed by atoms with Crippen LogP contribution in [0.5, 0.6) is 0 Å². The Hall–Kier alpha value is -2.21. The molecule has 0 aliphatic rings. The van der Waals surface area contributed by atoms with Gasteiger partial charge in [0.25, 0.3) is 0 Å². The number of oxazole rings is 1. The molecular formula is C17H21FN2O3. The number of benzene rings is 1. The van der Waals surface area contributed by atoms with E-state index < -0.39 is 0 Å². The number of halogens is 1. The third kappa shape index (κ3) is 4.89. The molecule has 0 bridgehead atoms. The van der Waals surface area contributed by atoms with Crippen LogP contribution in [0.15, 0.2) is 34.9 Å². The minimum Gasteiger partial charge on any atom is -0.441 e. The highest BCUT2D eigenvalue weighted by Gasteiger charge is 2.15. The highest BCUT2D eigenvalue weighted by Crippen LogP contribution is 2.21. The van der Waals surface area contributed by atoms with E-state index in [9.17, 15) is 9.18 Å². The molecule has 1 aromatic heterocycles. The van der Waals surface area contributed by atoms with Crippen LogP contribution >= 0.6 is 0 Å². The first-order chi connectivity index (χ1) is 11.0. The highest BCUT2D eigenvalue weighted by molar-refractivity contribution is 5.76. The molecule has 23 heavy (non-hydrogen) atoms. The molecule has 0 spiro atoms. The van der Waals surface area contributed by atoms with Crippen molar-refractivity contribution in [3.05, 3.63) is 42.2 Å². The molecule has 2 N–H and O–H groups in total. The number of aryl methyl sites for hydroxylation is 1. The first-order valence-corrected chi connectivity index (χ1v) is 7.60. The van der Waals surface area contributed by atoms with E-state index in [4.69, 9.17) is 9.52 Å². The Kier molecular flexibility index (Phi) is 5.87. The number of aliphatic hydroxyl groups is 1. The van der Waals surface area contributed by atoms with Crippen molar-refractivity contribution in [3.8, 4) is 11.3 Å². The number of amides is 1. The van der Waals surface area contributed by atoms with Crippen LogP contribution in [0.25, 0.3) is 11.3 Å². The van der Waals surface area contributed by atoms with Crippen molar-refractivity contribution < 1.29 is 18.7 Å². The fourth-order valence-electron chi connectivity index (χ4n) is 2.02. The lowest BCUT2D eigenvalue weighted by molar-refractivity contribution is -0.122. The van der Waals surface area contributed by atoms with Gasteiger partial charge in [-0.15, -0.1) is 0 Å². The summed E-state index contributed by atoms with van der Waals surface area (Å²) in [6, 6.07) is 5.85. The fourth-order valence-corrected chi connectivity index (χ4v) is 2.02. The van der Waals surface area contributed by atoms with Crippen LogP contribution < -0.4 is 5.32 Å². The monoisotopic (exact) mass is 320 g/mol. The molecule has 0 saturated heterocycles. The van der Waals surface area contributed by atoms with E-state index in [1.54, 1.807) is 18.3 Å². The van der Waals surface area contributed by atoms with Gasteiger partial charge in [-0.3, -0.25) is 4.79 Å². The lowest BCUT2D eigenvalue weighted by Crippen LogP contribution is -2.38. The summed E-state index contributed by atoms with van der Waals surface area (Å²) in [5, 5.41) is 11.9. The third-order valence-electron chi connectivity index (χ3n) is 3.78. The molecule has 1 aromatic carbocycles. The van der Waals surface area contributed by atoms with E-state index in [1.807, 2.05) is 13.8 Å². The highest BCUT2D eigenvalue weighted by atomic mass is 19.1. The van der Waals surface area contributed by atoms with E-state index in [0.717, 1.165) is 5.56 Å². The molecule has 1 amide bonds. The fraction of sp³-hybridized carbons (Fsp3) is 0.412. The maximum atomic E-state index is 12.9. The van der Waals surface area contributed by atoms with Crippen LogP contribution in [-0.4, -0.2) is 28.6 Å². The number of carbonyl (C=O) groups excluding carboxylic acids is 1. The number of aliphatic hydroxyl groups excluding tert-OH is 1. The zero-order valence-electron chi connectivity index (χ0n) is 13.3. The number of aromatic nitrogens is 1. The van der Waals surface area contributed by atoms with E-state index in [0.29, 0.717) is 18.1 Å². The number of hydrogen-bond donors (Lipinski definition) is 2. The van der Waals surface area contributed by atoms with Gasteiger partial charge >= 0.3 is 0 Å². The zero-order valence-corrected chi connectivity index (χ0v) is 13.3. The van der Waals surface area contributed by atoms with Gasteiger partial charge in [-0.2, -0.15) is 0 Å². The predicted molar refractivity (Wildman–Crippen MR) is 84.1 cm³/mol. The Morgan fingerprint density at radius 3 is 2.70 bits per heavy atom. The van der Waals surface area contributed by atoms with Gasteiger partial charge in [0, 0.05) is 31.1 Å². The van der Waals surface area contributed by atoms with Gasteiger partial charge in [0.05, 0.1) is 6.20 Å². The van der Waals surface area contributed by atoms with Crippen LogP contribution in [0.3, 0.4) is 0 Å². The van der Waals surface area contributed by atoms with Crippen LogP contribution in [0, 0.1) is 11.7 Å². The quantitative estimate of drug-likeness (QED) is 0.822. The van der Waals surface area contributed by atoms with Crippen molar-refractivity contribution in [1.29, 1.82) is 0 Å². The second-order valence-electron chi connectivity index (χ2n) is 5.64. The van der Waals surface area contributed by atoms with Crippen molar-refractivity contribution in [2.75, 3.05) is 6.61 Å². The molecule has 2 atom stereocenters. The Morgan fingerprint density at radius 1 is 1.35 bits per heavy atom. The standard InChI is InChI=1S/C17H21FN2O3/c1-11(10-21)12(2)20-16(22)7-8-17-19-9-15(23-17)13-3-5-14(18)6-4-13/h3-6,9,11-12,21H,7-8,10H2,1-2H3,(H,20,22). The van der Waals surface area contributed by atoms with E-state index in [1.165, 1.54) is 12.1 Å². The second-order valence-corrected chi connectivity index (χ2v) is 5.64. The molecular weight excluding hydrogens is 299 g/mol. The summed E-state index contributed by atoms with van der Waals surface area (Å²) in [7, 11) is 0. The van der Waals surface area contributed by atoms with Gasteiger partial charge in [-0.25, -0.2) is 9.37 Å². The Morgan fingerprint density at radius 2 is 2.04 bits per heavy atom. The molecule has 0 radical (unpaired) electrons. The van der Waals surface area contributed by atoms with E-state index in [2.05, 4.69) is 10.3 Å². The maximum Gasteiger partial charge on any atom is 0.220 e. The van der Waals surface area contributed by atoms with Gasteiger partial charge in [0.15, 0.2) is 11.7 Å². The smallest absolute Gasteiger partial charge is 0.220 e. The van der Waals surface area contributed by atoms with Crippen LogP contribution in [0.4, 0.5) is 4.39 Å².